The zero-order valence-electron chi connectivity index (χ0n) is 13.6. The lowest BCUT2D eigenvalue weighted by Gasteiger charge is -2.13. The summed E-state index contributed by atoms with van der Waals surface area (Å²) >= 11 is 3.50. The molecular formula is C20H18BrFN2O. The Morgan fingerprint density at radius 1 is 1.00 bits per heavy atom. The maximum atomic E-state index is 13.0. The number of nitrogens with one attached hydrogen (secondary N) is 1. The minimum Gasteiger partial charge on any atom is -0.489 e. The summed E-state index contributed by atoms with van der Waals surface area (Å²) < 4.78 is 19.9. The van der Waals surface area contributed by atoms with Gasteiger partial charge in [-0.1, -0.05) is 34.1 Å². The van der Waals surface area contributed by atoms with Crippen LogP contribution < -0.4 is 10.1 Å². The number of halogens is 2. The molecule has 25 heavy (non-hydrogen) atoms. The van der Waals surface area contributed by atoms with Crippen LogP contribution >= 0.6 is 15.9 Å². The highest BCUT2D eigenvalue weighted by Gasteiger charge is 2.06. The van der Waals surface area contributed by atoms with E-state index in [1.54, 1.807) is 18.3 Å². The molecule has 3 nitrogen and oxygen atoms in total. The van der Waals surface area contributed by atoms with E-state index in [9.17, 15) is 4.39 Å². The molecular weight excluding hydrogens is 383 g/mol. The van der Waals surface area contributed by atoms with Gasteiger partial charge in [-0.2, -0.15) is 0 Å². The highest BCUT2D eigenvalue weighted by atomic mass is 79.9. The van der Waals surface area contributed by atoms with Crippen LogP contribution in [0, 0.1) is 5.82 Å². The zero-order valence-corrected chi connectivity index (χ0v) is 15.2. The summed E-state index contributed by atoms with van der Waals surface area (Å²) in [6, 6.07) is 18.1. The van der Waals surface area contributed by atoms with Gasteiger partial charge in [0.1, 0.15) is 18.2 Å². The lowest BCUT2D eigenvalue weighted by molar-refractivity contribution is 0.302. The third kappa shape index (κ3) is 5.37. The average Bonchev–Trinajstić information content (AvgIpc) is 2.63. The Balaban J connectivity index is 1.62. The average molecular weight is 401 g/mol. The van der Waals surface area contributed by atoms with E-state index in [2.05, 4.69) is 26.2 Å². The number of ether oxygens (including phenoxy) is 1. The molecule has 0 aliphatic rings. The largest absolute Gasteiger partial charge is 0.489 e. The minimum absolute atomic E-state index is 0.244. The maximum Gasteiger partial charge on any atom is 0.124 e. The molecule has 0 saturated carbocycles. The first-order valence-corrected chi connectivity index (χ1v) is 8.76. The third-order valence-corrected chi connectivity index (χ3v) is 4.17. The van der Waals surface area contributed by atoms with Gasteiger partial charge in [0, 0.05) is 29.3 Å². The highest BCUT2D eigenvalue weighted by Crippen LogP contribution is 2.24. The van der Waals surface area contributed by atoms with Crippen LogP contribution in [0.25, 0.3) is 0 Å². The zero-order chi connectivity index (χ0) is 17.5. The summed E-state index contributed by atoms with van der Waals surface area (Å²) in [6.45, 7) is 1.74. The van der Waals surface area contributed by atoms with E-state index >= 15 is 0 Å². The van der Waals surface area contributed by atoms with Crippen molar-refractivity contribution in [1.29, 1.82) is 0 Å². The molecule has 0 bridgehead atoms. The molecule has 2 aromatic carbocycles. The van der Waals surface area contributed by atoms with Crippen molar-refractivity contribution in [2.45, 2.75) is 19.7 Å². The molecule has 0 saturated heterocycles. The van der Waals surface area contributed by atoms with Crippen LogP contribution in [0.2, 0.25) is 0 Å². The van der Waals surface area contributed by atoms with Crippen molar-refractivity contribution in [3.8, 4) is 5.75 Å². The lowest BCUT2D eigenvalue weighted by Crippen LogP contribution is -2.14. The number of rotatable bonds is 7. The van der Waals surface area contributed by atoms with Crippen LogP contribution in [0.4, 0.5) is 4.39 Å². The molecule has 0 unspecified atom stereocenters. The fourth-order valence-corrected chi connectivity index (χ4v) is 2.81. The van der Waals surface area contributed by atoms with Crippen molar-refractivity contribution >= 4 is 15.9 Å². The van der Waals surface area contributed by atoms with E-state index in [0.717, 1.165) is 27.0 Å². The van der Waals surface area contributed by atoms with Crippen molar-refractivity contribution < 1.29 is 9.13 Å². The summed E-state index contributed by atoms with van der Waals surface area (Å²) in [5, 5.41) is 3.38. The molecule has 1 aromatic heterocycles. The monoisotopic (exact) mass is 400 g/mol. The summed E-state index contributed by atoms with van der Waals surface area (Å²) in [4.78, 5) is 4.30. The molecule has 0 fully saturated rings. The van der Waals surface area contributed by atoms with E-state index in [1.807, 2.05) is 36.4 Å². The topological polar surface area (TPSA) is 34.1 Å². The van der Waals surface area contributed by atoms with Crippen LogP contribution in [0.1, 0.15) is 16.8 Å². The number of hydrogen-bond donors (Lipinski definition) is 1. The van der Waals surface area contributed by atoms with Gasteiger partial charge in [-0.05, 0) is 48.0 Å². The summed E-state index contributed by atoms with van der Waals surface area (Å²) in [6.07, 6.45) is 1.79. The van der Waals surface area contributed by atoms with Gasteiger partial charge in [0.2, 0.25) is 0 Å². The minimum atomic E-state index is -0.244. The SMILES string of the molecule is Fc1ccc(COc2ccc(Br)cc2CNCc2ccccn2)cc1. The molecule has 0 aliphatic carbocycles. The molecule has 0 aliphatic heterocycles. The van der Waals surface area contributed by atoms with E-state index in [0.29, 0.717) is 19.7 Å². The number of nitrogens with zero attached hydrogens (tertiary/aromatic N) is 1. The normalized spacial score (nSPS) is 10.6. The summed E-state index contributed by atoms with van der Waals surface area (Å²) in [5.74, 6) is 0.563. The Kier molecular flexibility index (Phi) is 6.14. The predicted octanol–water partition coefficient (Wildman–Crippen LogP) is 4.85. The summed E-state index contributed by atoms with van der Waals surface area (Å²) in [5.41, 5.74) is 2.97. The molecule has 1 heterocycles. The Bertz CT molecular complexity index is 810. The molecule has 3 aromatic rings. The smallest absolute Gasteiger partial charge is 0.124 e. The third-order valence-electron chi connectivity index (χ3n) is 3.68. The number of hydrogen-bond acceptors (Lipinski definition) is 3. The molecule has 0 spiro atoms. The molecule has 5 heteroatoms. The van der Waals surface area contributed by atoms with E-state index in [4.69, 9.17) is 4.74 Å². The Morgan fingerprint density at radius 2 is 1.84 bits per heavy atom. The Labute approximate surface area is 155 Å². The van der Waals surface area contributed by atoms with Crippen molar-refractivity contribution in [2.24, 2.45) is 0 Å². The molecule has 128 valence electrons. The van der Waals surface area contributed by atoms with Gasteiger partial charge in [-0.15, -0.1) is 0 Å². The van der Waals surface area contributed by atoms with Gasteiger partial charge in [-0.25, -0.2) is 4.39 Å². The van der Waals surface area contributed by atoms with Crippen LogP contribution in [-0.4, -0.2) is 4.98 Å². The Morgan fingerprint density at radius 3 is 2.60 bits per heavy atom. The second kappa shape index (κ2) is 8.74. The highest BCUT2D eigenvalue weighted by molar-refractivity contribution is 9.10. The van der Waals surface area contributed by atoms with Crippen LogP contribution in [0.3, 0.4) is 0 Å². The molecule has 1 N–H and O–H groups in total. The fourth-order valence-electron chi connectivity index (χ4n) is 2.40. The van der Waals surface area contributed by atoms with E-state index in [1.165, 1.54) is 12.1 Å². The molecule has 0 atom stereocenters. The van der Waals surface area contributed by atoms with Gasteiger partial charge in [0.25, 0.3) is 0 Å². The summed E-state index contributed by atoms with van der Waals surface area (Å²) in [7, 11) is 0. The van der Waals surface area contributed by atoms with Crippen LogP contribution in [0.15, 0.2) is 71.3 Å². The van der Waals surface area contributed by atoms with E-state index in [-0.39, 0.29) is 5.82 Å². The first-order chi connectivity index (χ1) is 12.2. The van der Waals surface area contributed by atoms with Crippen LogP contribution in [0.5, 0.6) is 5.75 Å². The standard InChI is InChI=1S/C20H18BrFN2O/c21-17-6-9-20(25-14-15-4-7-18(22)8-5-15)16(11-17)12-23-13-19-3-1-2-10-24-19/h1-11,23H,12-14H2. The predicted molar refractivity (Wildman–Crippen MR) is 99.7 cm³/mol. The van der Waals surface area contributed by atoms with Gasteiger partial charge in [-0.3, -0.25) is 4.98 Å². The number of aromatic nitrogens is 1. The fraction of sp³-hybridized carbons (Fsp3) is 0.150. The molecule has 3 rings (SSSR count). The van der Waals surface area contributed by atoms with Crippen molar-refractivity contribution in [3.05, 3.63) is 94.0 Å². The van der Waals surface area contributed by atoms with Gasteiger partial charge in [0.15, 0.2) is 0 Å². The maximum absolute atomic E-state index is 13.0. The number of pyridine rings is 1. The number of benzene rings is 2. The Hall–Kier alpha value is -2.24. The van der Waals surface area contributed by atoms with E-state index < -0.39 is 0 Å². The molecule has 0 amide bonds. The quantitative estimate of drug-likeness (QED) is 0.615. The van der Waals surface area contributed by atoms with Gasteiger partial charge < -0.3 is 10.1 Å². The molecule has 0 radical (unpaired) electrons. The van der Waals surface area contributed by atoms with Gasteiger partial charge in [0.05, 0.1) is 5.69 Å². The van der Waals surface area contributed by atoms with Crippen LogP contribution in [-0.2, 0) is 19.7 Å². The van der Waals surface area contributed by atoms with Crippen molar-refractivity contribution in [2.75, 3.05) is 0 Å². The lowest BCUT2D eigenvalue weighted by atomic mass is 10.2. The van der Waals surface area contributed by atoms with Crippen molar-refractivity contribution in [3.63, 3.8) is 0 Å². The van der Waals surface area contributed by atoms with Gasteiger partial charge >= 0.3 is 0 Å². The van der Waals surface area contributed by atoms with Crippen molar-refractivity contribution in [1.82, 2.24) is 10.3 Å². The first-order valence-electron chi connectivity index (χ1n) is 7.97. The second-order valence-electron chi connectivity index (χ2n) is 5.59. The second-order valence-corrected chi connectivity index (χ2v) is 6.51. The first kappa shape index (κ1) is 17.6.